The Kier molecular flexibility index (Phi) is 24.0. The minimum absolute atomic E-state index is 0.0929. The summed E-state index contributed by atoms with van der Waals surface area (Å²) in [5.41, 5.74) is 8.55. The average Bonchev–Trinajstić information content (AvgIpc) is 1.71. The van der Waals surface area contributed by atoms with Gasteiger partial charge in [0.1, 0.15) is 35.8 Å². The lowest BCUT2D eigenvalue weighted by atomic mass is 9.89. The van der Waals surface area contributed by atoms with Crippen LogP contribution in [0.2, 0.25) is 0 Å². The zero-order chi connectivity index (χ0) is 67.6. The number of fused-ring (bicyclic) bond motifs is 5. The normalized spacial score (nSPS) is 21.7. The molecule has 0 saturated carbocycles. The molecule has 5 bridgehead atoms. The third-order valence-electron chi connectivity index (χ3n) is 17.0. The summed E-state index contributed by atoms with van der Waals surface area (Å²) in [7, 11) is 4.83. The number of esters is 2. The van der Waals surface area contributed by atoms with Gasteiger partial charge in [-0.2, -0.15) is 0 Å². The summed E-state index contributed by atoms with van der Waals surface area (Å²) in [4.78, 5) is 131. The van der Waals surface area contributed by atoms with Crippen molar-refractivity contribution >= 4 is 87.2 Å². The lowest BCUT2D eigenvalue weighted by Crippen LogP contribution is -2.62. The van der Waals surface area contributed by atoms with Crippen LogP contribution in [0.3, 0.4) is 0 Å². The maximum absolute atomic E-state index is 13.7. The number of hydrazine groups is 2. The molecule has 22 heteroatoms. The van der Waals surface area contributed by atoms with Gasteiger partial charge in [0, 0.05) is 38.0 Å². The molecule has 2 fully saturated rings. The second kappa shape index (κ2) is 30.3. The molecule has 3 aliphatic heterocycles. The van der Waals surface area contributed by atoms with Gasteiger partial charge >= 0.3 is 11.9 Å². The van der Waals surface area contributed by atoms with Crippen LogP contribution in [0.1, 0.15) is 171 Å². The number of benzene rings is 2. The van der Waals surface area contributed by atoms with E-state index in [1.165, 1.54) is 17.1 Å². The van der Waals surface area contributed by atoms with Crippen molar-refractivity contribution in [3.63, 3.8) is 0 Å². The molecule has 2 saturated heterocycles. The Morgan fingerprint density at radius 1 is 0.813 bits per heavy atom. The van der Waals surface area contributed by atoms with Crippen LogP contribution in [0.25, 0.3) is 34.0 Å². The van der Waals surface area contributed by atoms with Gasteiger partial charge in [-0.05, 0) is 149 Å². The number of rotatable bonds is 13. The molecule has 8 atom stereocenters. The van der Waals surface area contributed by atoms with E-state index in [1.54, 1.807) is 92.3 Å². The Hall–Kier alpha value is -8.11. The number of ether oxygens (including phenoxy) is 2. The third kappa shape index (κ3) is 18.8. The molecular formula is C69H97N11O11. The first-order valence-electron chi connectivity index (χ1n) is 31.6. The van der Waals surface area contributed by atoms with Gasteiger partial charge in [-0.1, -0.05) is 88.4 Å². The minimum Gasteiger partial charge on any atom is -0.468 e. The number of nitrogens with one attached hydrogen (secondary N) is 5. The summed E-state index contributed by atoms with van der Waals surface area (Å²) in [6.45, 7) is 27.7. The number of aromatic nitrogens is 2. The molecule has 0 unspecified atom stereocenters. The van der Waals surface area contributed by atoms with Crippen molar-refractivity contribution in [2.75, 3.05) is 34.3 Å². The second-order valence-corrected chi connectivity index (χ2v) is 27.2. The number of hydrogen-bond acceptors (Lipinski definition) is 15. The number of amides is 7. The molecule has 2 aromatic heterocycles. The summed E-state index contributed by atoms with van der Waals surface area (Å²) in [6, 6.07) is 15.0. The largest absolute Gasteiger partial charge is 0.468 e. The van der Waals surface area contributed by atoms with Crippen molar-refractivity contribution in [2.24, 2.45) is 28.6 Å². The van der Waals surface area contributed by atoms with E-state index in [4.69, 9.17) is 19.4 Å². The molecule has 3 aliphatic rings. The lowest BCUT2D eigenvalue weighted by Gasteiger charge is -2.37. The number of pyridine rings is 2. The van der Waals surface area contributed by atoms with Gasteiger partial charge in [0.05, 0.1) is 64.8 Å². The Bertz CT molecular complexity index is 3410. The van der Waals surface area contributed by atoms with Gasteiger partial charge < -0.3 is 35.2 Å². The first-order valence-corrected chi connectivity index (χ1v) is 31.6. The second-order valence-electron chi connectivity index (χ2n) is 27.2. The zero-order valence-corrected chi connectivity index (χ0v) is 56.5. The average molecular weight is 1260 g/mol. The first kappa shape index (κ1) is 72.0. The van der Waals surface area contributed by atoms with Crippen molar-refractivity contribution < 1.29 is 52.6 Å². The van der Waals surface area contributed by atoms with E-state index in [0.717, 1.165) is 38.6 Å². The highest BCUT2D eigenvalue weighted by Gasteiger charge is 2.38. The summed E-state index contributed by atoms with van der Waals surface area (Å²) in [5, 5.41) is 13.2. The van der Waals surface area contributed by atoms with E-state index >= 15 is 0 Å². The Morgan fingerprint density at radius 3 is 2.10 bits per heavy atom. The summed E-state index contributed by atoms with van der Waals surface area (Å²) in [6.07, 6.45) is 9.62. The van der Waals surface area contributed by atoms with Crippen molar-refractivity contribution in [3.05, 3.63) is 95.3 Å². The number of carbonyl (C=O) groups is 9. The molecule has 0 spiro atoms. The molecule has 22 nitrogen and oxygen atoms in total. The van der Waals surface area contributed by atoms with Crippen LogP contribution < -0.4 is 26.8 Å². The molecule has 5 N–H and O–H groups in total. The van der Waals surface area contributed by atoms with E-state index in [9.17, 15) is 43.2 Å². The Morgan fingerprint density at radius 2 is 1.45 bits per heavy atom. The fourth-order valence-corrected chi connectivity index (χ4v) is 10.8. The standard InChI is InChI=1S/C38H55N5O7.C31H42N6O4/c1-23(2)28(22-32(44)50-37(5,6)7)33(45)39-24(3)34(46)43-20-12-13-30(41-43)35(47)42(10)25(4)29-17-16-27-15-14-26(21-31(27)40-29)18-19-38(8,9)36(48)49-11;1-18(2)26-27(38)32-19(3)28(39)37-16-8-9-24(35-37)29(40)36(7)20(4)23-13-12-22-11-10-21(17-25(22)33-23)14-15-31(5,6)30(41)34-26/h14-19,21,23-25,28,30,41H,12-13,20,22H2,1-11H3,(H,39,45);10-15,17-20,24,26,35H,8-9,16H2,1-7H3,(H,32,38)(H,34,41)/b19-18+;15-14+/t24-,25+,28-,30-;19-,20+,24-,26-/m00/s1. The number of carbonyl (C=O) groups excluding carboxylic acids is 9. The highest BCUT2D eigenvalue weighted by atomic mass is 16.6. The minimum atomic E-state index is -0.915. The van der Waals surface area contributed by atoms with Crippen LogP contribution in [-0.4, -0.2) is 153 Å². The molecule has 91 heavy (non-hydrogen) atoms. The summed E-state index contributed by atoms with van der Waals surface area (Å²) >= 11 is 0. The van der Waals surface area contributed by atoms with Crippen molar-refractivity contribution in [3.8, 4) is 0 Å². The fourth-order valence-electron chi connectivity index (χ4n) is 10.8. The van der Waals surface area contributed by atoms with Crippen molar-refractivity contribution in [1.29, 1.82) is 0 Å². The maximum Gasteiger partial charge on any atom is 0.315 e. The van der Waals surface area contributed by atoms with Crippen LogP contribution in [0.15, 0.2) is 72.8 Å². The predicted molar refractivity (Wildman–Crippen MR) is 350 cm³/mol. The fraction of sp³-hybridized carbons (Fsp3) is 0.551. The van der Waals surface area contributed by atoms with Crippen LogP contribution in [-0.2, 0) is 52.6 Å². The van der Waals surface area contributed by atoms with Gasteiger partial charge in [-0.15, -0.1) is 0 Å². The van der Waals surface area contributed by atoms with Crippen LogP contribution in [0, 0.1) is 28.6 Å². The van der Waals surface area contributed by atoms with Crippen LogP contribution >= 0.6 is 0 Å². The first-order chi connectivity index (χ1) is 42.5. The van der Waals surface area contributed by atoms with Gasteiger partial charge in [-0.3, -0.25) is 63.1 Å². The molecule has 5 heterocycles. The quantitative estimate of drug-likeness (QED) is 0.0796. The Balaban J connectivity index is 0.000000295. The monoisotopic (exact) mass is 1260 g/mol. The number of hydrogen-bond donors (Lipinski definition) is 5. The molecule has 494 valence electrons. The van der Waals surface area contributed by atoms with E-state index in [2.05, 4.69) is 26.8 Å². The highest BCUT2D eigenvalue weighted by molar-refractivity contribution is 5.95. The number of methoxy groups -OCH3 is 1. The van der Waals surface area contributed by atoms with E-state index in [1.807, 2.05) is 120 Å². The number of likely N-dealkylation sites (N-methyl/N-ethyl adjacent to an activating group) is 2. The molecule has 4 aromatic rings. The summed E-state index contributed by atoms with van der Waals surface area (Å²) < 4.78 is 10.3. The summed E-state index contributed by atoms with van der Waals surface area (Å²) in [5.74, 6) is -4.01. The predicted octanol–water partition coefficient (Wildman–Crippen LogP) is 7.92. The molecule has 7 amide bonds. The number of nitrogens with zero attached hydrogens (tertiary/aromatic N) is 6. The third-order valence-corrected chi connectivity index (χ3v) is 17.0. The van der Waals surface area contributed by atoms with Crippen LogP contribution in [0.4, 0.5) is 0 Å². The smallest absolute Gasteiger partial charge is 0.315 e. The Labute approximate surface area is 536 Å². The van der Waals surface area contributed by atoms with Crippen LogP contribution in [0.5, 0.6) is 0 Å². The molecule has 0 aliphatic carbocycles. The van der Waals surface area contributed by atoms with E-state index in [0.29, 0.717) is 44.5 Å². The molecule has 2 aromatic carbocycles. The SMILES string of the molecule is CC(C)[C@@H]1NC(=O)C(C)(C)/C=C/c2ccc3ccc(nc3c2)[C@@H](C)N(C)C(=O)[C@@H]2CCCN(N2)C(=O)[C@H](C)NC1=O.COC(=O)C(C)(C)/C=C/c1ccc2ccc([C@@H](C)N(C)C(=O)[C@@H]3CCCN(C(=O)[C@H](C)NC(=O)[C@@H](CC(=O)OC(C)(C)C)C(C)C)N3)nc2c1. The highest BCUT2D eigenvalue weighted by Crippen LogP contribution is 2.29. The maximum atomic E-state index is 13.7. The van der Waals surface area contributed by atoms with Gasteiger partial charge in [-0.25, -0.2) is 10.9 Å². The molecular weight excluding hydrogens is 1160 g/mol. The van der Waals surface area contributed by atoms with E-state index < -0.39 is 70.3 Å². The van der Waals surface area contributed by atoms with Gasteiger partial charge in [0.2, 0.25) is 29.5 Å². The van der Waals surface area contributed by atoms with Gasteiger partial charge in [0.15, 0.2) is 0 Å². The van der Waals surface area contributed by atoms with Gasteiger partial charge in [0.25, 0.3) is 11.8 Å². The van der Waals surface area contributed by atoms with Crippen molar-refractivity contribution in [2.45, 2.75) is 184 Å². The lowest BCUT2D eigenvalue weighted by molar-refractivity contribution is -0.158. The van der Waals surface area contributed by atoms with E-state index in [-0.39, 0.29) is 65.8 Å². The zero-order valence-electron chi connectivity index (χ0n) is 56.5. The molecule has 7 rings (SSSR count). The van der Waals surface area contributed by atoms with Crippen molar-refractivity contribution in [1.82, 2.24) is 56.6 Å². The molecule has 0 radical (unpaired) electrons. The topological polar surface area (TPSA) is 271 Å².